The molecule has 2 N–H and O–H groups in total. The molecule has 0 atom stereocenters. The van der Waals surface area contributed by atoms with Gasteiger partial charge in [0.15, 0.2) is 0 Å². The monoisotopic (exact) mass is 331 g/mol. The lowest BCUT2D eigenvalue weighted by Gasteiger charge is -2.04. The lowest BCUT2D eigenvalue weighted by Crippen LogP contribution is -2.17. The summed E-state index contributed by atoms with van der Waals surface area (Å²) in [6.45, 7) is 2.32. The number of benzene rings is 2. The predicted molar refractivity (Wildman–Crippen MR) is 99.5 cm³/mol. The Morgan fingerprint density at radius 1 is 1.16 bits per heavy atom. The molecule has 0 bridgehead atoms. The molecule has 0 amide bonds. The summed E-state index contributed by atoms with van der Waals surface area (Å²) in [7, 11) is 0. The maximum absolute atomic E-state index is 12.2. The van der Waals surface area contributed by atoms with Crippen molar-refractivity contribution in [2.75, 3.05) is 0 Å². The second kappa shape index (κ2) is 5.94. The van der Waals surface area contributed by atoms with Gasteiger partial charge in [-0.1, -0.05) is 48.0 Å². The van der Waals surface area contributed by atoms with Gasteiger partial charge < -0.3 is 10.1 Å². The number of aromatic amines is 1. The van der Waals surface area contributed by atoms with Gasteiger partial charge in [0.05, 0.1) is 12.2 Å². The maximum atomic E-state index is 12.2. The van der Waals surface area contributed by atoms with E-state index in [1.165, 1.54) is 4.57 Å². The Hall–Kier alpha value is -3.34. The van der Waals surface area contributed by atoms with Gasteiger partial charge in [0.2, 0.25) is 5.88 Å². The van der Waals surface area contributed by atoms with Crippen LogP contribution in [0.3, 0.4) is 0 Å². The van der Waals surface area contributed by atoms with Crippen molar-refractivity contribution in [2.24, 2.45) is 4.99 Å². The number of aromatic nitrogens is 2. The second-order valence-corrected chi connectivity index (χ2v) is 6.11. The molecule has 4 rings (SSSR count). The van der Waals surface area contributed by atoms with Gasteiger partial charge in [0, 0.05) is 17.4 Å². The van der Waals surface area contributed by atoms with Gasteiger partial charge in [-0.3, -0.25) is 9.56 Å². The number of para-hydroxylation sites is 1. The Morgan fingerprint density at radius 3 is 2.72 bits per heavy atom. The molecule has 5 heteroatoms. The van der Waals surface area contributed by atoms with Crippen LogP contribution in [0.25, 0.3) is 11.6 Å². The Kier molecular flexibility index (Phi) is 3.61. The molecule has 3 aromatic rings. The number of hydrogen-bond donors (Lipinski definition) is 2. The topological polar surface area (TPSA) is 70.4 Å². The van der Waals surface area contributed by atoms with E-state index >= 15 is 0 Å². The van der Waals surface area contributed by atoms with Gasteiger partial charge >= 0.3 is 5.69 Å². The van der Waals surface area contributed by atoms with Gasteiger partial charge in [-0.05, 0) is 24.6 Å². The lowest BCUT2D eigenvalue weighted by molar-refractivity contribution is 0.420. The third kappa shape index (κ3) is 2.80. The van der Waals surface area contributed by atoms with Crippen molar-refractivity contribution in [3.8, 4) is 5.88 Å². The Balaban J connectivity index is 1.69. The van der Waals surface area contributed by atoms with Gasteiger partial charge in [0.1, 0.15) is 5.69 Å². The van der Waals surface area contributed by atoms with Crippen molar-refractivity contribution in [2.45, 2.75) is 13.5 Å². The molecule has 0 aliphatic carbocycles. The van der Waals surface area contributed by atoms with Crippen LogP contribution in [0.15, 0.2) is 58.3 Å². The number of nitrogens with one attached hydrogen (secondary N) is 1. The van der Waals surface area contributed by atoms with Crippen molar-refractivity contribution in [1.29, 1.82) is 0 Å². The highest BCUT2D eigenvalue weighted by Gasteiger charge is 2.15. The third-order valence-electron chi connectivity index (χ3n) is 4.30. The van der Waals surface area contributed by atoms with Crippen LogP contribution in [0.4, 0.5) is 5.69 Å². The number of aromatic hydroxyl groups is 1. The molecule has 2 aromatic carbocycles. The van der Waals surface area contributed by atoms with E-state index in [1.54, 1.807) is 12.3 Å². The summed E-state index contributed by atoms with van der Waals surface area (Å²) in [5.74, 6) is -0.0733. The van der Waals surface area contributed by atoms with Gasteiger partial charge in [-0.25, -0.2) is 4.79 Å². The summed E-state index contributed by atoms with van der Waals surface area (Å²) >= 11 is 0. The molecule has 1 aliphatic heterocycles. The summed E-state index contributed by atoms with van der Waals surface area (Å²) in [5.41, 5.74) is 4.87. The zero-order valence-corrected chi connectivity index (χ0v) is 13.7. The largest absolute Gasteiger partial charge is 0.493 e. The van der Waals surface area contributed by atoms with Gasteiger partial charge in [0.25, 0.3) is 0 Å². The quantitative estimate of drug-likeness (QED) is 0.771. The summed E-state index contributed by atoms with van der Waals surface area (Å²) in [4.78, 5) is 19.3. The summed E-state index contributed by atoms with van der Waals surface area (Å²) in [6, 6.07) is 15.6. The van der Waals surface area contributed by atoms with Crippen molar-refractivity contribution >= 4 is 23.6 Å². The second-order valence-electron chi connectivity index (χ2n) is 6.11. The number of aliphatic imine (C=N–C) groups is 1. The van der Waals surface area contributed by atoms with E-state index in [9.17, 15) is 9.90 Å². The number of hydrogen-bond acceptors (Lipinski definition) is 3. The molecule has 25 heavy (non-hydrogen) atoms. The standard InChI is InChI=1S/C20H17N3O2/c1-13-6-8-14(9-7-13)12-23-19(24)18(22-20(23)25)10-15-11-21-17-5-3-2-4-16(15)17/h2-11,24H,12H2,1H3,(H,22,25)/b15-10+. The van der Waals surface area contributed by atoms with Crippen molar-refractivity contribution in [3.05, 3.63) is 81.4 Å². The van der Waals surface area contributed by atoms with Crippen molar-refractivity contribution in [3.63, 3.8) is 0 Å². The highest BCUT2D eigenvalue weighted by atomic mass is 16.3. The van der Waals surface area contributed by atoms with E-state index in [2.05, 4.69) is 9.98 Å². The van der Waals surface area contributed by atoms with E-state index in [1.807, 2.05) is 55.5 Å². The first-order chi connectivity index (χ1) is 12.1. The zero-order chi connectivity index (χ0) is 17.4. The maximum Gasteiger partial charge on any atom is 0.329 e. The predicted octanol–water partition coefficient (Wildman–Crippen LogP) is 3.50. The SMILES string of the molecule is Cc1ccc(Cn2c(O)c(/C=C3\C=Nc4ccccc43)[nH]c2=O)cc1. The number of rotatable bonds is 3. The first-order valence-corrected chi connectivity index (χ1v) is 8.04. The molecule has 0 radical (unpaired) electrons. The molecular formula is C20H17N3O2. The minimum absolute atomic E-state index is 0.0733. The molecule has 124 valence electrons. The van der Waals surface area contributed by atoms with E-state index in [4.69, 9.17) is 0 Å². The molecule has 2 heterocycles. The summed E-state index contributed by atoms with van der Waals surface area (Å²) < 4.78 is 1.33. The van der Waals surface area contributed by atoms with E-state index < -0.39 is 0 Å². The highest BCUT2D eigenvalue weighted by molar-refractivity contribution is 6.21. The minimum Gasteiger partial charge on any atom is -0.493 e. The van der Waals surface area contributed by atoms with Crippen molar-refractivity contribution in [1.82, 2.24) is 9.55 Å². The van der Waals surface area contributed by atoms with Crippen LogP contribution >= 0.6 is 0 Å². The molecule has 5 nitrogen and oxygen atoms in total. The first kappa shape index (κ1) is 15.2. The number of allylic oxidation sites excluding steroid dienone is 1. The van der Waals surface area contributed by atoms with Crippen LogP contribution in [0.1, 0.15) is 22.4 Å². The average Bonchev–Trinajstić information content (AvgIpc) is 3.14. The normalized spacial score (nSPS) is 14.2. The van der Waals surface area contributed by atoms with E-state index in [-0.39, 0.29) is 11.6 Å². The molecule has 0 unspecified atom stereocenters. The van der Waals surface area contributed by atoms with Crippen LogP contribution in [-0.4, -0.2) is 20.9 Å². The van der Waals surface area contributed by atoms with E-state index in [0.29, 0.717) is 12.2 Å². The number of fused-ring (bicyclic) bond motifs is 1. The molecular weight excluding hydrogens is 314 g/mol. The third-order valence-corrected chi connectivity index (χ3v) is 4.30. The highest BCUT2D eigenvalue weighted by Crippen LogP contribution is 2.32. The van der Waals surface area contributed by atoms with Crippen LogP contribution in [0.2, 0.25) is 0 Å². The molecule has 0 spiro atoms. The van der Waals surface area contributed by atoms with E-state index in [0.717, 1.165) is 28.0 Å². The van der Waals surface area contributed by atoms with Gasteiger partial charge in [-0.2, -0.15) is 0 Å². The smallest absolute Gasteiger partial charge is 0.329 e. The molecule has 1 aliphatic rings. The number of aryl methyl sites for hydroxylation is 1. The van der Waals surface area contributed by atoms with Crippen molar-refractivity contribution < 1.29 is 5.11 Å². The summed E-state index contributed by atoms with van der Waals surface area (Å²) in [5, 5.41) is 10.5. The fourth-order valence-electron chi connectivity index (χ4n) is 2.91. The number of imidazole rings is 1. The minimum atomic E-state index is -0.340. The van der Waals surface area contributed by atoms with Crippen LogP contribution in [-0.2, 0) is 6.54 Å². The average molecular weight is 331 g/mol. The van der Waals surface area contributed by atoms with Gasteiger partial charge in [-0.15, -0.1) is 0 Å². The number of H-pyrrole nitrogens is 1. The summed E-state index contributed by atoms with van der Waals surface area (Å²) in [6.07, 6.45) is 3.48. The zero-order valence-electron chi connectivity index (χ0n) is 13.7. The lowest BCUT2D eigenvalue weighted by atomic mass is 10.1. The Bertz CT molecular complexity index is 1050. The Labute approximate surface area is 144 Å². The Morgan fingerprint density at radius 2 is 1.92 bits per heavy atom. The fraction of sp³-hybridized carbons (Fsp3) is 0.100. The molecule has 0 saturated carbocycles. The van der Waals surface area contributed by atoms with Crippen LogP contribution < -0.4 is 5.69 Å². The number of nitrogens with zero attached hydrogens (tertiary/aromatic N) is 2. The van der Waals surface area contributed by atoms with Crippen LogP contribution in [0.5, 0.6) is 5.88 Å². The molecule has 1 aromatic heterocycles. The van der Waals surface area contributed by atoms with Crippen LogP contribution in [0, 0.1) is 6.92 Å². The first-order valence-electron chi connectivity index (χ1n) is 8.04. The fourth-order valence-corrected chi connectivity index (χ4v) is 2.91. The molecule has 0 saturated heterocycles. The molecule has 0 fully saturated rings.